The molecule has 1 N–H and O–H groups in total. The molecule has 0 bridgehead atoms. The SMILES string of the molecule is CCOCCN(C)c1ncc(CO)c2ccccc12. The van der Waals surface area contributed by atoms with Gasteiger partial charge < -0.3 is 14.7 Å². The van der Waals surface area contributed by atoms with Crippen molar-refractivity contribution in [2.24, 2.45) is 0 Å². The Labute approximate surface area is 113 Å². The summed E-state index contributed by atoms with van der Waals surface area (Å²) >= 11 is 0. The topological polar surface area (TPSA) is 45.6 Å². The van der Waals surface area contributed by atoms with Crippen LogP contribution < -0.4 is 4.90 Å². The lowest BCUT2D eigenvalue weighted by Gasteiger charge is -2.20. The molecule has 1 aromatic carbocycles. The van der Waals surface area contributed by atoms with Crippen LogP contribution in [0.2, 0.25) is 0 Å². The Hall–Kier alpha value is -1.65. The van der Waals surface area contributed by atoms with Gasteiger partial charge in [-0.1, -0.05) is 24.3 Å². The van der Waals surface area contributed by atoms with Gasteiger partial charge in [-0.25, -0.2) is 4.98 Å². The lowest BCUT2D eigenvalue weighted by atomic mass is 10.1. The Morgan fingerprint density at radius 2 is 2.00 bits per heavy atom. The van der Waals surface area contributed by atoms with E-state index in [0.29, 0.717) is 6.61 Å². The number of nitrogens with zero attached hydrogens (tertiary/aromatic N) is 2. The molecule has 4 nitrogen and oxygen atoms in total. The van der Waals surface area contributed by atoms with E-state index < -0.39 is 0 Å². The Balaban J connectivity index is 2.33. The first kappa shape index (κ1) is 13.8. The highest BCUT2D eigenvalue weighted by atomic mass is 16.5. The fraction of sp³-hybridized carbons (Fsp3) is 0.400. The normalized spacial score (nSPS) is 10.9. The number of hydrogen-bond acceptors (Lipinski definition) is 4. The maximum Gasteiger partial charge on any atom is 0.136 e. The second kappa shape index (κ2) is 6.50. The molecule has 0 aliphatic rings. The molecule has 4 heteroatoms. The Bertz CT molecular complexity index is 543. The van der Waals surface area contributed by atoms with Crippen molar-refractivity contribution in [3.05, 3.63) is 36.0 Å². The van der Waals surface area contributed by atoms with E-state index in [4.69, 9.17) is 4.74 Å². The van der Waals surface area contributed by atoms with Gasteiger partial charge in [-0.3, -0.25) is 0 Å². The quantitative estimate of drug-likeness (QED) is 0.809. The number of aliphatic hydroxyl groups is 1. The third kappa shape index (κ3) is 3.03. The average molecular weight is 260 g/mol. The molecule has 1 aromatic heterocycles. The van der Waals surface area contributed by atoms with Crippen LogP contribution in [0.3, 0.4) is 0 Å². The lowest BCUT2D eigenvalue weighted by molar-refractivity contribution is 0.154. The van der Waals surface area contributed by atoms with Crippen LogP contribution in [0.5, 0.6) is 0 Å². The van der Waals surface area contributed by atoms with Crippen LogP contribution >= 0.6 is 0 Å². The first-order valence-corrected chi connectivity index (χ1v) is 6.54. The van der Waals surface area contributed by atoms with Crippen molar-refractivity contribution >= 4 is 16.6 Å². The zero-order valence-corrected chi connectivity index (χ0v) is 11.5. The average Bonchev–Trinajstić information content (AvgIpc) is 2.46. The molecule has 0 unspecified atom stereocenters. The molecular weight excluding hydrogens is 240 g/mol. The smallest absolute Gasteiger partial charge is 0.136 e. The number of fused-ring (bicyclic) bond motifs is 1. The fourth-order valence-corrected chi connectivity index (χ4v) is 2.12. The van der Waals surface area contributed by atoms with E-state index in [1.807, 2.05) is 38.2 Å². The number of likely N-dealkylation sites (N-methyl/N-ethyl adjacent to an activating group) is 1. The molecule has 0 saturated heterocycles. The fourth-order valence-electron chi connectivity index (χ4n) is 2.12. The maximum atomic E-state index is 9.36. The molecule has 0 aliphatic carbocycles. The number of benzene rings is 1. The van der Waals surface area contributed by atoms with Gasteiger partial charge in [0.2, 0.25) is 0 Å². The molecule has 19 heavy (non-hydrogen) atoms. The van der Waals surface area contributed by atoms with E-state index in [0.717, 1.165) is 35.3 Å². The van der Waals surface area contributed by atoms with Crippen molar-refractivity contribution in [3.63, 3.8) is 0 Å². The number of anilines is 1. The monoisotopic (exact) mass is 260 g/mol. The third-order valence-electron chi connectivity index (χ3n) is 3.16. The van der Waals surface area contributed by atoms with Gasteiger partial charge in [-0.05, 0) is 12.3 Å². The molecule has 2 aromatic rings. The summed E-state index contributed by atoms with van der Waals surface area (Å²) in [5.41, 5.74) is 0.859. The van der Waals surface area contributed by atoms with E-state index in [9.17, 15) is 5.11 Å². The molecule has 0 aliphatic heterocycles. The summed E-state index contributed by atoms with van der Waals surface area (Å²) in [6.07, 6.45) is 1.74. The largest absolute Gasteiger partial charge is 0.392 e. The van der Waals surface area contributed by atoms with Crippen molar-refractivity contribution in [1.29, 1.82) is 0 Å². The summed E-state index contributed by atoms with van der Waals surface area (Å²) in [5.74, 6) is 0.924. The standard InChI is InChI=1S/C15H20N2O2/c1-3-19-9-8-17(2)15-14-7-5-4-6-13(14)12(11-18)10-16-15/h4-7,10,18H,3,8-9,11H2,1-2H3. The second-order valence-electron chi connectivity index (χ2n) is 4.43. The maximum absolute atomic E-state index is 9.36. The van der Waals surface area contributed by atoms with Gasteiger partial charge in [0, 0.05) is 37.3 Å². The van der Waals surface area contributed by atoms with Gasteiger partial charge in [0.15, 0.2) is 0 Å². The highest BCUT2D eigenvalue weighted by molar-refractivity contribution is 5.94. The van der Waals surface area contributed by atoms with Crippen LogP contribution in [0.1, 0.15) is 12.5 Å². The molecule has 1 heterocycles. The van der Waals surface area contributed by atoms with Crippen molar-refractivity contribution in [2.75, 3.05) is 31.7 Å². The van der Waals surface area contributed by atoms with Gasteiger partial charge in [0.1, 0.15) is 5.82 Å². The Morgan fingerprint density at radius 1 is 1.26 bits per heavy atom. The van der Waals surface area contributed by atoms with E-state index in [2.05, 4.69) is 9.88 Å². The van der Waals surface area contributed by atoms with E-state index >= 15 is 0 Å². The second-order valence-corrected chi connectivity index (χ2v) is 4.43. The van der Waals surface area contributed by atoms with E-state index in [1.54, 1.807) is 6.20 Å². The highest BCUT2D eigenvalue weighted by Crippen LogP contribution is 2.26. The minimum atomic E-state index is 0.0104. The molecule has 0 atom stereocenters. The van der Waals surface area contributed by atoms with Crippen LogP contribution in [-0.2, 0) is 11.3 Å². The van der Waals surface area contributed by atoms with Crippen LogP contribution in [0.15, 0.2) is 30.5 Å². The number of aliphatic hydroxyl groups excluding tert-OH is 1. The number of aromatic nitrogens is 1. The van der Waals surface area contributed by atoms with Gasteiger partial charge in [0.05, 0.1) is 13.2 Å². The number of rotatable bonds is 6. The molecule has 0 fully saturated rings. The Kier molecular flexibility index (Phi) is 4.71. The first-order valence-electron chi connectivity index (χ1n) is 6.54. The van der Waals surface area contributed by atoms with Gasteiger partial charge >= 0.3 is 0 Å². The van der Waals surface area contributed by atoms with Gasteiger partial charge in [-0.15, -0.1) is 0 Å². The number of pyridine rings is 1. The summed E-state index contributed by atoms with van der Waals surface area (Å²) in [4.78, 5) is 6.55. The predicted molar refractivity (Wildman–Crippen MR) is 77.4 cm³/mol. The van der Waals surface area contributed by atoms with Gasteiger partial charge in [0.25, 0.3) is 0 Å². The van der Waals surface area contributed by atoms with Crippen LogP contribution in [0.4, 0.5) is 5.82 Å². The van der Waals surface area contributed by atoms with Crippen molar-refractivity contribution < 1.29 is 9.84 Å². The molecule has 102 valence electrons. The summed E-state index contributed by atoms with van der Waals surface area (Å²) in [5, 5.41) is 11.5. The van der Waals surface area contributed by atoms with E-state index in [1.165, 1.54) is 0 Å². The zero-order chi connectivity index (χ0) is 13.7. The summed E-state index contributed by atoms with van der Waals surface area (Å²) in [6, 6.07) is 8.02. The van der Waals surface area contributed by atoms with Crippen LogP contribution in [-0.4, -0.2) is 36.9 Å². The molecule has 2 rings (SSSR count). The van der Waals surface area contributed by atoms with Crippen molar-refractivity contribution in [3.8, 4) is 0 Å². The molecule has 0 spiro atoms. The van der Waals surface area contributed by atoms with Crippen molar-refractivity contribution in [2.45, 2.75) is 13.5 Å². The minimum absolute atomic E-state index is 0.0104. The zero-order valence-electron chi connectivity index (χ0n) is 11.5. The van der Waals surface area contributed by atoms with E-state index in [-0.39, 0.29) is 6.61 Å². The molecular formula is C15H20N2O2. The van der Waals surface area contributed by atoms with Gasteiger partial charge in [-0.2, -0.15) is 0 Å². The minimum Gasteiger partial charge on any atom is -0.392 e. The number of ether oxygens (including phenoxy) is 1. The van der Waals surface area contributed by atoms with Crippen LogP contribution in [0.25, 0.3) is 10.8 Å². The molecule has 0 radical (unpaired) electrons. The molecule has 0 amide bonds. The lowest BCUT2D eigenvalue weighted by Crippen LogP contribution is -2.23. The number of hydrogen-bond donors (Lipinski definition) is 1. The summed E-state index contributed by atoms with van der Waals surface area (Å²) < 4.78 is 5.37. The summed E-state index contributed by atoms with van der Waals surface area (Å²) in [7, 11) is 2.01. The predicted octanol–water partition coefficient (Wildman–Crippen LogP) is 2.20. The molecule has 0 saturated carbocycles. The van der Waals surface area contributed by atoms with Crippen molar-refractivity contribution in [1.82, 2.24) is 4.98 Å². The third-order valence-corrected chi connectivity index (χ3v) is 3.16. The summed E-state index contributed by atoms with van der Waals surface area (Å²) in [6.45, 7) is 4.21. The first-order chi connectivity index (χ1) is 9.27. The highest BCUT2D eigenvalue weighted by Gasteiger charge is 2.10. The van der Waals surface area contributed by atoms with Crippen LogP contribution in [0, 0.1) is 0 Å². The Morgan fingerprint density at radius 3 is 2.68 bits per heavy atom.